The molecule has 1 aromatic heterocycles. The summed E-state index contributed by atoms with van der Waals surface area (Å²) in [6, 6.07) is 6.24. The first kappa shape index (κ1) is 15.6. The molecule has 0 aliphatic heterocycles. The van der Waals surface area contributed by atoms with Gasteiger partial charge in [0.15, 0.2) is 0 Å². The Balaban J connectivity index is 0.000000774. The maximum Gasteiger partial charge on any atom is 0.339 e. The summed E-state index contributed by atoms with van der Waals surface area (Å²) >= 11 is 0. The van der Waals surface area contributed by atoms with Crippen LogP contribution >= 0.6 is 0 Å². The van der Waals surface area contributed by atoms with Crippen molar-refractivity contribution >= 4 is 16.7 Å². The first-order valence-corrected chi connectivity index (χ1v) is 8.08. The van der Waals surface area contributed by atoms with Gasteiger partial charge < -0.3 is 9.32 Å². The molecule has 0 amide bonds. The Bertz CT molecular complexity index is 669. The van der Waals surface area contributed by atoms with Crippen molar-refractivity contribution in [2.75, 3.05) is 18.0 Å². The molecule has 0 bridgehead atoms. The van der Waals surface area contributed by atoms with Crippen LogP contribution in [0.15, 0.2) is 27.4 Å². The lowest BCUT2D eigenvalue weighted by molar-refractivity contribution is 0.552. The van der Waals surface area contributed by atoms with E-state index in [0.29, 0.717) is 0 Å². The fraction of sp³-hybridized carbons (Fsp3) is 0.500. The van der Waals surface area contributed by atoms with Crippen LogP contribution in [-0.2, 0) is 12.8 Å². The van der Waals surface area contributed by atoms with E-state index in [9.17, 15) is 4.79 Å². The van der Waals surface area contributed by atoms with Crippen molar-refractivity contribution < 1.29 is 4.42 Å². The van der Waals surface area contributed by atoms with Gasteiger partial charge in [-0.2, -0.15) is 0 Å². The van der Waals surface area contributed by atoms with Crippen LogP contribution in [0.4, 0.5) is 5.69 Å². The first-order chi connectivity index (χ1) is 10.2. The molecule has 0 N–H and O–H groups in total. The second-order valence-electron chi connectivity index (χ2n) is 5.05. The Kier molecular flexibility index (Phi) is 5.05. The average molecular weight is 287 g/mol. The van der Waals surface area contributed by atoms with E-state index in [0.717, 1.165) is 54.6 Å². The topological polar surface area (TPSA) is 33.5 Å². The molecular formula is C18H25NO2. The number of nitrogens with zero attached hydrogens (tertiary/aromatic N) is 1. The van der Waals surface area contributed by atoms with E-state index in [-0.39, 0.29) is 5.63 Å². The summed E-state index contributed by atoms with van der Waals surface area (Å²) in [5, 5.41) is 1.11. The third-order valence-corrected chi connectivity index (χ3v) is 4.09. The number of benzene rings is 1. The molecule has 0 unspecified atom stereocenters. The standard InChI is InChI=1S/C16H19NO2.C2H6/c1-3-17(4-2)11-8-9-13-12-6-5-7-14(12)16(18)19-15(13)10-11;1-2/h8-10H,3-7H2,1-2H3;1-2H3. The minimum absolute atomic E-state index is 0.142. The van der Waals surface area contributed by atoms with Gasteiger partial charge in [0.2, 0.25) is 0 Å². The molecule has 0 saturated carbocycles. The number of hydrogen-bond acceptors (Lipinski definition) is 3. The lowest BCUT2D eigenvalue weighted by Crippen LogP contribution is -2.21. The van der Waals surface area contributed by atoms with Gasteiger partial charge in [-0.3, -0.25) is 0 Å². The number of anilines is 1. The Labute approximate surface area is 126 Å². The molecule has 1 heterocycles. The monoisotopic (exact) mass is 287 g/mol. The number of rotatable bonds is 3. The molecule has 21 heavy (non-hydrogen) atoms. The lowest BCUT2D eigenvalue weighted by atomic mass is 10.1. The largest absolute Gasteiger partial charge is 0.422 e. The molecule has 3 heteroatoms. The van der Waals surface area contributed by atoms with Crippen LogP contribution in [0.5, 0.6) is 0 Å². The second-order valence-corrected chi connectivity index (χ2v) is 5.05. The Morgan fingerprint density at radius 1 is 1.10 bits per heavy atom. The van der Waals surface area contributed by atoms with E-state index >= 15 is 0 Å². The van der Waals surface area contributed by atoms with Crippen LogP contribution in [0.3, 0.4) is 0 Å². The summed E-state index contributed by atoms with van der Waals surface area (Å²) in [4.78, 5) is 14.2. The maximum absolute atomic E-state index is 12.0. The highest BCUT2D eigenvalue weighted by Crippen LogP contribution is 2.29. The van der Waals surface area contributed by atoms with Crippen molar-refractivity contribution in [1.29, 1.82) is 0 Å². The van der Waals surface area contributed by atoms with Gasteiger partial charge in [-0.05, 0) is 50.8 Å². The molecule has 1 aliphatic carbocycles. The summed E-state index contributed by atoms with van der Waals surface area (Å²) in [6.45, 7) is 10.2. The van der Waals surface area contributed by atoms with Crippen molar-refractivity contribution in [3.05, 3.63) is 39.7 Å². The molecular weight excluding hydrogens is 262 g/mol. The first-order valence-electron chi connectivity index (χ1n) is 8.08. The van der Waals surface area contributed by atoms with Gasteiger partial charge in [-0.25, -0.2) is 4.79 Å². The van der Waals surface area contributed by atoms with E-state index in [2.05, 4.69) is 30.9 Å². The molecule has 1 aromatic carbocycles. The summed E-state index contributed by atoms with van der Waals surface area (Å²) in [5.41, 5.74) is 3.81. The minimum Gasteiger partial charge on any atom is -0.422 e. The maximum atomic E-state index is 12.0. The molecule has 114 valence electrons. The zero-order valence-electron chi connectivity index (χ0n) is 13.5. The second kappa shape index (κ2) is 6.79. The molecule has 2 aromatic rings. The molecule has 0 saturated heterocycles. The predicted octanol–water partition coefficient (Wildman–Crippen LogP) is 4.15. The van der Waals surface area contributed by atoms with Crippen LogP contribution in [-0.4, -0.2) is 13.1 Å². The van der Waals surface area contributed by atoms with E-state index in [1.807, 2.05) is 19.9 Å². The molecule has 3 rings (SSSR count). The Morgan fingerprint density at radius 3 is 2.43 bits per heavy atom. The van der Waals surface area contributed by atoms with Crippen molar-refractivity contribution in [2.24, 2.45) is 0 Å². The zero-order valence-corrected chi connectivity index (χ0v) is 13.5. The van der Waals surface area contributed by atoms with E-state index < -0.39 is 0 Å². The van der Waals surface area contributed by atoms with Gasteiger partial charge in [0.25, 0.3) is 0 Å². The van der Waals surface area contributed by atoms with Crippen molar-refractivity contribution in [3.8, 4) is 0 Å². The molecule has 1 aliphatic rings. The Hall–Kier alpha value is -1.77. The summed E-state index contributed by atoms with van der Waals surface area (Å²) in [6.07, 6.45) is 2.93. The quantitative estimate of drug-likeness (QED) is 0.795. The molecule has 0 fully saturated rings. The van der Waals surface area contributed by atoms with Gasteiger partial charge in [0.05, 0.1) is 0 Å². The molecule has 0 spiro atoms. The summed E-state index contributed by atoms with van der Waals surface area (Å²) < 4.78 is 5.50. The van der Waals surface area contributed by atoms with Crippen molar-refractivity contribution in [3.63, 3.8) is 0 Å². The van der Waals surface area contributed by atoms with Crippen LogP contribution in [0.1, 0.15) is 45.2 Å². The number of aryl methyl sites for hydroxylation is 1. The highest BCUT2D eigenvalue weighted by atomic mass is 16.4. The van der Waals surface area contributed by atoms with Crippen LogP contribution in [0, 0.1) is 0 Å². The number of fused-ring (bicyclic) bond motifs is 3. The molecule has 3 nitrogen and oxygen atoms in total. The summed E-state index contributed by atoms with van der Waals surface area (Å²) in [5.74, 6) is 0. The predicted molar refractivity (Wildman–Crippen MR) is 89.4 cm³/mol. The highest BCUT2D eigenvalue weighted by molar-refractivity contribution is 5.85. The third-order valence-electron chi connectivity index (χ3n) is 4.09. The SMILES string of the molecule is CC.CCN(CC)c1ccc2c3c(c(=O)oc2c1)CCC3. The zero-order chi connectivity index (χ0) is 15.4. The van der Waals surface area contributed by atoms with Crippen molar-refractivity contribution in [2.45, 2.75) is 47.0 Å². The molecule has 0 radical (unpaired) electrons. The van der Waals surface area contributed by atoms with E-state index in [1.54, 1.807) is 0 Å². The van der Waals surface area contributed by atoms with Crippen LogP contribution in [0.2, 0.25) is 0 Å². The number of hydrogen-bond donors (Lipinski definition) is 0. The smallest absolute Gasteiger partial charge is 0.339 e. The van der Waals surface area contributed by atoms with Gasteiger partial charge in [0.1, 0.15) is 5.58 Å². The fourth-order valence-electron chi connectivity index (χ4n) is 3.06. The van der Waals surface area contributed by atoms with Gasteiger partial charge in [-0.1, -0.05) is 13.8 Å². The van der Waals surface area contributed by atoms with Gasteiger partial charge >= 0.3 is 5.63 Å². The highest BCUT2D eigenvalue weighted by Gasteiger charge is 2.19. The molecule has 0 atom stereocenters. The third kappa shape index (κ3) is 2.82. The van der Waals surface area contributed by atoms with Crippen LogP contribution < -0.4 is 10.5 Å². The Morgan fingerprint density at radius 2 is 1.76 bits per heavy atom. The average Bonchev–Trinajstić information content (AvgIpc) is 3.01. The van der Waals surface area contributed by atoms with Gasteiger partial charge in [-0.15, -0.1) is 0 Å². The normalized spacial score (nSPS) is 12.8. The van der Waals surface area contributed by atoms with E-state index in [1.165, 1.54) is 5.56 Å². The van der Waals surface area contributed by atoms with Crippen LogP contribution in [0.25, 0.3) is 11.0 Å². The van der Waals surface area contributed by atoms with Gasteiger partial charge in [0, 0.05) is 35.8 Å². The van der Waals surface area contributed by atoms with Crippen molar-refractivity contribution in [1.82, 2.24) is 0 Å². The summed E-state index contributed by atoms with van der Waals surface area (Å²) in [7, 11) is 0. The minimum atomic E-state index is -0.142. The lowest BCUT2D eigenvalue weighted by Gasteiger charge is -2.21. The van der Waals surface area contributed by atoms with E-state index in [4.69, 9.17) is 4.42 Å². The fourth-order valence-corrected chi connectivity index (χ4v) is 3.06.